The van der Waals surface area contributed by atoms with Gasteiger partial charge in [0.2, 0.25) is 0 Å². The van der Waals surface area contributed by atoms with E-state index in [0.29, 0.717) is 11.3 Å². The monoisotopic (exact) mass is 476 g/mol. The maximum absolute atomic E-state index is 14.1. The third kappa shape index (κ3) is 4.03. The molecule has 10 heteroatoms. The lowest BCUT2D eigenvalue weighted by atomic mass is 9.79. The number of quaternary nitrogens is 1. The number of hydrogen-bond donors (Lipinski definition) is 1. The minimum absolute atomic E-state index is 0. The molecule has 3 rings (SSSR count). The second-order valence-electron chi connectivity index (χ2n) is 6.53. The molecule has 154 valence electrons. The van der Waals surface area contributed by atoms with Gasteiger partial charge in [0.05, 0.1) is 15.1 Å². The van der Waals surface area contributed by atoms with Crippen molar-refractivity contribution in [3.63, 3.8) is 0 Å². The smallest absolute Gasteiger partial charge is 0.400 e. The minimum Gasteiger partial charge on any atom is -1.00 e. The van der Waals surface area contributed by atoms with Gasteiger partial charge in [-0.15, -0.1) is 0 Å². The first-order valence-corrected chi connectivity index (χ1v) is 9.27. The van der Waals surface area contributed by atoms with Gasteiger partial charge in [0.15, 0.2) is 0 Å². The van der Waals surface area contributed by atoms with E-state index < -0.39 is 17.4 Å². The number of nitrogens with zero attached hydrogens (tertiary/aromatic N) is 1. The van der Waals surface area contributed by atoms with Crippen molar-refractivity contribution in [2.45, 2.75) is 24.6 Å². The van der Waals surface area contributed by atoms with Crippen molar-refractivity contribution in [2.75, 3.05) is 18.0 Å². The van der Waals surface area contributed by atoms with Gasteiger partial charge in [-0.05, 0) is 42.3 Å². The van der Waals surface area contributed by atoms with Crippen molar-refractivity contribution >= 4 is 40.5 Å². The Morgan fingerprint density at radius 3 is 2.18 bits per heavy atom. The highest BCUT2D eigenvalue weighted by Crippen LogP contribution is 2.50. The molecular weight excluding hydrogens is 462 g/mol. The lowest BCUT2D eigenvalue weighted by molar-refractivity contribution is -0.386. The van der Waals surface area contributed by atoms with Crippen LogP contribution in [0.4, 0.5) is 23.2 Å². The second-order valence-corrected chi connectivity index (χ2v) is 7.72. The molecule has 0 bridgehead atoms. The average Bonchev–Trinajstić information content (AvgIpc) is 3.06. The summed E-state index contributed by atoms with van der Waals surface area (Å²) < 4.78 is 56.4. The summed E-state index contributed by atoms with van der Waals surface area (Å²) >= 11 is 17.8. The number of alkyl halides is 3. The predicted molar refractivity (Wildman–Crippen MR) is 99.0 cm³/mol. The molecule has 1 atom stereocenters. The van der Waals surface area contributed by atoms with E-state index in [1.807, 2.05) is 0 Å². The molecule has 1 aliphatic rings. The fourth-order valence-corrected chi connectivity index (χ4v) is 4.02. The van der Waals surface area contributed by atoms with Gasteiger partial charge >= 0.3 is 6.18 Å². The molecule has 0 saturated carbocycles. The molecule has 1 saturated heterocycles. The van der Waals surface area contributed by atoms with Gasteiger partial charge in [0.25, 0.3) is 0 Å². The van der Waals surface area contributed by atoms with Crippen molar-refractivity contribution < 1.29 is 35.7 Å². The van der Waals surface area contributed by atoms with Gasteiger partial charge in [-0.25, -0.2) is 4.39 Å². The largest absolute Gasteiger partial charge is 1.00 e. The van der Waals surface area contributed by atoms with Gasteiger partial charge in [-0.2, -0.15) is 13.2 Å². The summed E-state index contributed by atoms with van der Waals surface area (Å²) in [6.07, 6.45) is -4.75. The molecule has 2 aromatic rings. The number of rotatable bonds is 3. The summed E-state index contributed by atoms with van der Waals surface area (Å²) in [5.41, 5.74) is 2.20. The lowest BCUT2D eigenvalue weighted by Crippen LogP contribution is -3.00. The first-order valence-electron chi connectivity index (χ1n) is 8.13. The molecule has 1 heterocycles. The van der Waals surface area contributed by atoms with Gasteiger partial charge < -0.3 is 23.0 Å². The predicted octanol–water partition coefficient (Wildman–Crippen LogP) is 2.24. The van der Waals surface area contributed by atoms with E-state index in [1.54, 1.807) is 12.1 Å². The van der Waals surface area contributed by atoms with Crippen LogP contribution in [0.5, 0.6) is 0 Å². The molecule has 2 nitrogen and oxygen atoms in total. The third-order valence-electron chi connectivity index (χ3n) is 5.02. The number of hydrogen-bond acceptors (Lipinski definition) is 1. The molecule has 0 aromatic heterocycles. The maximum Gasteiger partial charge on any atom is 0.400 e. The van der Waals surface area contributed by atoms with Crippen LogP contribution in [0.25, 0.3) is 0 Å². The molecule has 0 unspecified atom stereocenters. The van der Waals surface area contributed by atoms with Gasteiger partial charge in [0, 0.05) is 24.3 Å². The van der Waals surface area contributed by atoms with Crippen molar-refractivity contribution in [3.8, 4) is 0 Å². The van der Waals surface area contributed by atoms with E-state index in [2.05, 4.69) is 5.73 Å². The molecule has 0 spiro atoms. The van der Waals surface area contributed by atoms with Crippen LogP contribution in [0.2, 0.25) is 15.1 Å². The van der Waals surface area contributed by atoms with E-state index in [4.69, 9.17) is 34.8 Å². The second kappa shape index (κ2) is 8.44. The Kier molecular flexibility index (Phi) is 7.04. The summed E-state index contributed by atoms with van der Waals surface area (Å²) in [6.45, 7) is 0.00879. The van der Waals surface area contributed by atoms with E-state index in [1.165, 1.54) is 23.1 Å². The third-order valence-corrected chi connectivity index (χ3v) is 6.22. The van der Waals surface area contributed by atoms with Crippen LogP contribution < -0.4 is 23.0 Å². The molecular formula is C18H16Cl4F4N2. The summed E-state index contributed by atoms with van der Waals surface area (Å²) in [5, 5.41) is -0.0562. The van der Waals surface area contributed by atoms with Gasteiger partial charge in [0.1, 0.15) is 17.8 Å². The standard InChI is InChI=1S/C18H15Cl3F4N2.ClH/c19-13-5-11(6-14(20)16(13)21)17(18(23,24)25)3-4-27(9-17)12-2-1-10(8-26)15(22)7-12;/h1-2,5-7H,3-4,8-9,26H2;1H/t17-;/m1./s1. The van der Waals surface area contributed by atoms with Crippen LogP contribution in [0, 0.1) is 5.82 Å². The quantitative estimate of drug-likeness (QED) is 0.533. The van der Waals surface area contributed by atoms with Crippen LogP contribution in [0.3, 0.4) is 0 Å². The summed E-state index contributed by atoms with van der Waals surface area (Å²) in [4.78, 5) is 1.51. The van der Waals surface area contributed by atoms with E-state index in [9.17, 15) is 17.6 Å². The van der Waals surface area contributed by atoms with E-state index >= 15 is 0 Å². The highest BCUT2D eigenvalue weighted by atomic mass is 35.5. The fourth-order valence-electron chi connectivity index (χ4n) is 3.43. The number of halogens is 8. The normalized spacial score (nSPS) is 19.6. The molecule has 0 aliphatic carbocycles. The van der Waals surface area contributed by atoms with E-state index in [0.717, 1.165) is 0 Å². The Morgan fingerprint density at radius 1 is 1.07 bits per heavy atom. The number of benzene rings is 2. The zero-order chi connectivity index (χ0) is 20.0. The Morgan fingerprint density at radius 2 is 1.68 bits per heavy atom. The van der Waals surface area contributed by atoms with Crippen molar-refractivity contribution in [1.82, 2.24) is 0 Å². The first kappa shape index (κ1) is 23.4. The molecule has 3 N–H and O–H groups in total. The zero-order valence-electron chi connectivity index (χ0n) is 14.4. The van der Waals surface area contributed by atoms with Gasteiger partial charge in [-0.3, -0.25) is 0 Å². The fraction of sp³-hybridized carbons (Fsp3) is 0.333. The molecule has 1 fully saturated rings. The summed E-state index contributed by atoms with van der Waals surface area (Å²) in [5.74, 6) is -0.482. The SMILES string of the molecule is [Cl-].[NH3+]Cc1ccc(N2CC[C@@](c3cc(Cl)c(Cl)c(Cl)c3)(C(F)(F)F)C2)cc1F. The average molecular weight is 478 g/mol. The molecule has 0 amide bonds. The van der Waals surface area contributed by atoms with Crippen LogP contribution in [0.15, 0.2) is 30.3 Å². The van der Waals surface area contributed by atoms with Crippen LogP contribution >= 0.6 is 34.8 Å². The highest BCUT2D eigenvalue weighted by molar-refractivity contribution is 6.48. The maximum atomic E-state index is 14.1. The zero-order valence-corrected chi connectivity index (χ0v) is 17.4. The minimum atomic E-state index is -4.55. The van der Waals surface area contributed by atoms with E-state index in [-0.39, 0.29) is 59.1 Å². The van der Waals surface area contributed by atoms with Gasteiger partial charge in [-0.1, -0.05) is 34.8 Å². The van der Waals surface area contributed by atoms with Crippen LogP contribution in [-0.4, -0.2) is 19.3 Å². The summed E-state index contributed by atoms with van der Waals surface area (Å²) in [6, 6.07) is 6.81. The Bertz CT molecular complexity index is 852. The Labute approximate surface area is 180 Å². The topological polar surface area (TPSA) is 30.9 Å². The summed E-state index contributed by atoms with van der Waals surface area (Å²) in [7, 11) is 0. The highest BCUT2D eigenvalue weighted by Gasteiger charge is 2.59. The van der Waals surface area contributed by atoms with Crippen molar-refractivity contribution in [2.24, 2.45) is 0 Å². The van der Waals surface area contributed by atoms with Crippen molar-refractivity contribution in [3.05, 3.63) is 62.3 Å². The lowest BCUT2D eigenvalue weighted by Gasteiger charge is -2.33. The molecule has 1 aliphatic heterocycles. The first-order chi connectivity index (χ1) is 12.6. The molecule has 2 aromatic carbocycles. The Hall–Kier alpha value is -0.920. The Balaban J connectivity index is 0.00000280. The number of anilines is 1. The van der Waals surface area contributed by atoms with Crippen LogP contribution in [-0.2, 0) is 12.0 Å². The van der Waals surface area contributed by atoms with Crippen LogP contribution in [0.1, 0.15) is 17.5 Å². The van der Waals surface area contributed by atoms with Crippen molar-refractivity contribution in [1.29, 1.82) is 0 Å². The molecule has 0 radical (unpaired) electrons. The molecule has 28 heavy (non-hydrogen) atoms.